The van der Waals surface area contributed by atoms with Crippen molar-refractivity contribution in [3.63, 3.8) is 0 Å². The number of nitrogens with zero attached hydrogens (tertiary/aromatic N) is 2. The molecule has 98 valence electrons. The van der Waals surface area contributed by atoms with Crippen LogP contribution in [0.1, 0.15) is 28.8 Å². The molecule has 0 fully saturated rings. The molecule has 0 saturated carbocycles. The quantitative estimate of drug-likeness (QED) is 0.854. The van der Waals surface area contributed by atoms with Crippen molar-refractivity contribution in [2.24, 2.45) is 5.73 Å². The van der Waals surface area contributed by atoms with E-state index in [1.165, 1.54) is 6.07 Å². The highest BCUT2D eigenvalue weighted by atomic mass is 19.4. The fraction of sp³-hybridized carbons (Fsp3) is 0.400. The number of pyridine rings is 1. The van der Waals surface area contributed by atoms with Crippen LogP contribution in [-0.2, 0) is 19.1 Å². The van der Waals surface area contributed by atoms with E-state index in [9.17, 15) is 22.0 Å². The van der Waals surface area contributed by atoms with Crippen molar-refractivity contribution in [2.75, 3.05) is 0 Å². The van der Waals surface area contributed by atoms with Gasteiger partial charge in [0.25, 0.3) is 6.43 Å². The molecule has 0 aliphatic rings. The topological polar surface area (TPSA) is 62.7 Å². The van der Waals surface area contributed by atoms with Crippen LogP contribution in [-0.4, -0.2) is 4.98 Å². The van der Waals surface area contributed by atoms with Crippen LogP contribution in [0.4, 0.5) is 22.0 Å². The molecule has 0 unspecified atom stereocenters. The normalized spacial score (nSPS) is 11.7. The lowest BCUT2D eigenvalue weighted by molar-refractivity contribution is -0.140. The van der Waals surface area contributed by atoms with E-state index in [1.807, 2.05) is 0 Å². The van der Waals surface area contributed by atoms with Crippen molar-refractivity contribution in [3.05, 3.63) is 28.6 Å². The predicted octanol–water partition coefficient (Wildman–Crippen LogP) is 2.56. The van der Waals surface area contributed by atoms with Crippen molar-refractivity contribution in [1.82, 2.24) is 4.98 Å². The molecule has 0 aliphatic carbocycles. The molecule has 0 spiro atoms. The smallest absolute Gasteiger partial charge is 0.326 e. The summed E-state index contributed by atoms with van der Waals surface area (Å²) in [5, 5.41) is 8.49. The third kappa shape index (κ3) is 2.73. The highest BCUT2D eigenvalue weighted by molar-refractivity contribution is 5.41. The van der Waals surface area contributed by atoms with Gasteiger partial charge in [0.15, 0.2) is 0 Å². The molecular weight excluding hydrogens is 257 g/mol. The molecule has 0 aliphatic heterocycles. The van der Waals surface area contributed by atoms with E-state index in [0.717, 1.165) is 6.20 Å². The molecule has 0 bridgehead atoms. The molecule has 0 saturated heterocycles. The van der Waals surface area contributed by atoms with Gasteiger partial charge in [0.1, 0.15) is 5.69 Å². The largest absolute Gasteiger partial charge is 0.418 e. The SMILES string of the molecule is N#CCc1c(CN)cnc(C(F)F)c1C(F)(F)F. The average molecular weight is 265 g/mol. The summed E-state index contributed by atoms with van der Waals surface area (Å²) < 4.78 is 63.4. The van der Waals surface area contributed by atoms with Gasteiger partial charge < -0.3 is 5.73 Å². The van der Waals surface area contributed by atoms with Gasteiger partial charge in [-0.3, -0.25) is 4.98 Å². The lowest BCUT2D eigenvalue weighted by Gasteiger charge is -2.17. The number of hydrogen-bond acceptors (Lipinski definition) is 3. The number of nitriles is 1. The standard InChI is InChI=1S/C10H8F5N3/c11-9(12)8-7(10(13,14)15)6(1-2-16)5(3-17)4-18-8/h4,9H,1,3,17H2. The molecule has 18 heavy (non-hydrogen) atoms. The summed E-state index contributed by atoms with van der Waals surface area (Å²) in [6, 6.07) is 1.51. The third-order valence-electron chi connectivity index (χ3n) is 2.27. The number of halogens is 5. The Hall–Kier alpha value is -1.75. The van der Waals surface area contributed by atoms with E-state index in [-0.39, 0.29) is 12.1 Å². The van der Waals surface area contributed by atoms with E-state index in [4.69, 9.17) is 11.0 Å². The number of nitrogens with two attached hydrogens (primary N) is 1. The Kier molecular flexibility index (Phi) is 4.19. The van der Waals surface area contributed by atoms with Gasteiger partial charge in [0.05, 0.1) is 18.1 Å². The van der Waals surface area contributed by atoms with Crippen molar-refractivity contribution in [1.29, 1.82) is 5.26 Å². The van der Waals surface area contributed by atoms with Gasteiger partial charge in [-0.25, -0.2) is 8.78 Å². The third-order valence-corrected chi connectivity index (χ3v) is 2.27. The molecule has 1 heterocycles. The second kappa shape index (κ2) is 5.27. The van der Waals surface area contributed by atoms with E-state index < -0.39 is 35.8 Å². The summed E-state index contributed by atoms with van der Waals surface area (Å²) in [6.07, 6.45) is -8.17. The van der Waals surface area contributed by atoms with Crippen molar-refractivity contribution in [2.45, 2.75) is 25.6 Å². The second-order valence-electron chi connectivity index (χ2n) is 3.36. The Bertz CT molecular complexity index is 476. The van der Waals surface area contributed by atoms with Gasteiger partial charge in [-0.2, -0.15) is 18.4 Å². The Labute approximate surface area is 99.0 Å². The number of aromatic nitrogens is 1. The van der Waals surface area contributed by atoms with Gasteiger partial charge in [0.2, 0.25) is 0 Å². The fourth-order valence-corrected chi connectivity index (χ4v) is 1.54. The van der Waals surface area contributed by atoms with E-state index in [2.05, 4.69) is 4.98 Å². The van der Waals surface area contributed by atoms with Crippen LogP contribution in [0.2, 0.25) is 0 Å². The average Bonchev–Trinajstić information content (AvgIpc) is 2.27. The fourth-order valence-electron chi connectivity index (χ4n) is 1.54. The Morgan fingerprint density at radius 3 is 2.39 bits per heavy atom. The van der Waals surface area contributed by atoms with Gasteiger partial charge in [-0.15, -0.1) is 0 Å². The molecule has 1 rings (SSSR count). The Morgan fingerprint density at radius 2 is 2.00 bits per heavy atom. The number of hydrogen-bond donors (Lipinski definition) is 1. The van der Waals surface area contributed by atoms with Crippen molar-refractivity contribution >= 4 is 0 Å². The molecule has 3 nitrogen and oxygen atoms in total. The zero-order valence-corrected chi connectivity index (χ0v) is 8.93. The maximum absolute atomic E-state index is 12.8. The van der Waals surface area contributed by atoms with E-state index >= 15 is 0 Å². The molecule has 0 amide bonds. The van der Waals surface area contributed by atoms with Crippen LogP contribution in [0, 0.1) is 11.3 Å². The maximum Gasteiger partial charge on any atom is 0.418 e. The van der Waals surface area contributed by atoms with Crippen molar-refractivity contribution in [3.8, 4) is 6.07 Å². The lowest BCUT2D eigenvalue weighted by Crippen LogP contribution is -2.18. The molecule has 0 aromatic carbocycles. The van der Waals surface area contributed by atoms with Crippen LogP contribution in [0.25, 0.3) is 0 Å². The summed E-state index contributed by atoms with van der Waals surface area (Å²) >= 11 is 0. The molecule has 0 atom stereocenters. The van der Waals surface area contributed by atoms with Gasteiger partial charge in [-0.1, -0.05) is 0 Å². The summed E-state index contributed by atoms with van der Waals surface area (Å²) in [5.41, 5.74) is 1.70. The monoisotopic (exact) mass is 265 g/mol. The lowest BCUT2D eigenvalue weighted by atomic mass is 9.98. The zero-order valence-electron chi connectivity index (χ0n) is 8.93. The predicted molar refractivity (Wildman–Crippen MR) is 51.4 cm³/mol. The van der Waals surface area contributed by atoms with Gasteiger partial charge >= 0.3 is 6.18 Å². The summed E-state index contributed by atoms with van der Waals surface area (Å²) in [5.74, 6) is 0. The molecule has 8 heteroatoms. The van der Waals surface area contributed by atoms with E-state index in [0.29, 0.717) is 0 Å². The summed E-state index contributed by atoms with van der Waals surface area (Å²) in [4.78, 5) is 3.10. The van der Waals surface area contributed by atoms with Gasteiger partial charge in [0, 0.05) is 12.7 Å². The van der Waals surface area contributed by atoms with Crippen LogP contribution in [0.15, 0.2) is 6.20 Å². The zero-order chi connectivity index (χ0) is 13.9. The molecule has 1 aromatic rings. The molecule has 1 aromatic heterocycles. The maximum atomic E-state index is 12.8. The first kappa shape index (κ1) is 14.3. The minimum absolute atomic E-state index is 0.0618. The summed E-state index contributed by atoms with van der Waals surface area (Å²) in [6.45, 7) is -0.309. The van der Waals surface area contributed by atoms with Crippen LogP contribution < -0.4 is 5.73 Å². The Morgan fingerprint density at radius 1 is 1.39 bits per heavy atom. The minimum Gasteiger partial charge on any atom is -0.326 e. The molecular formula is C10H8F5N3. The second-order valence-corrected chi connectivity index (χ2v) is 3.36. The first-order valence-corrected chi connectivity index (χ1v) is 4.76. The highest BCUT2D eigenvalue weighted by Crippen LogP contribution is 2.38. The van der Waals surface area contributed by atoms with Gasteiger partial charge in [-0.05, 0) is 11.1 Å². The highest BCUT2D eigenvalue weighted by Gasteiger charge is 2.40. The van der Waals surface area contributed by atoms with Crippen LogP contribution in [0.3, 0.4) is 0 Å². The first-order chi connectivity index (χ1) is 8.32. The van der Waals surface area contributed by atoms with E-state index in [1.54, 1.807) is 0 Å². The van der Waals surface area contributed by atoms with Crippen LogP contribution >= 0.6 is 0 Å². The number of alkyl halides is 5. The Balaban J connectivity index is 3.61. The van der Waals surface area contributed by atoms with Crippen LogP contribution in [0.5, 0.6) is 0 Å². The number of rotatable bonds is 3. The van der Waals surface area contributed by atoms with Crippen molar-refractivity contribution < 1.29 is 22.0 Å². The minimum atomic E-state index is -5.00. The molecule has 0 radical (unpaired) electrons. The summed E-state index contributed by atoms with van der Waals surface area (Å²) in [7, 11) is 0. The first-order valence-electron chi connectivity index (χ1n) is 4.76. The molecule has 2 N–H and O–H groups in total.